The first-order valence-corrected chi connectivity index (χ1v) is 9.88. The molecule has 4 rings (SSSR count). The highest BCUT2D eigenvalue weighted by Crippen LogP contribution is 2.44. The van der Waals surface area contributed by atoms with Crippen molar-refractivity contribution in [3.63, 3.8) is 0 Å². The molecular formula is C23H21BrN2O2. The van der Waals surface area contributed by atoms with E-state index in [1.807, 2.05) is 53.4 Å². The van der Waals surface area contributed by atoms with Crippen LogP contribution in [0, 0.1) is 6.92 Å². The van der Waals surface area contributed by atoms with Gasteiger partial charge in [0.2, 0.25) is 0 Å². The van der Waals surface area contributed by atoms with Crippen molar-refractivity contribution in [2.75, 3.05) is 12.8 Å². The van der Waals surface area contributed by atoms with Gasteiger partial charge in [-0.2, -0.15) is 0 Å². The van der Waals surface area contributed by atoms with Gasteiger partial charge in [0.15, 0.2) is 0 Å². The molecule has 1 aliphatic rings. The molecule has 0 fully saturated rings. The zero-order chi connectivity index (χ0) is 19.8. The van der Waals surface area contributed by atoms with Crippen LogP contribution < -0.4 is 10.5 Å². The van der Waals surface area contributed by atoms with E-state index in [0.717, 1.165) is 28.0 Å². The average Bonchev–Trinajstić information content (AvgIpc) is 2.98. The lowest BCUT2D eigenvalue weighted by molar-refractivity contribution is 0.0735. The predicted molar refractivity (Wildman–Crippen MR) is 114 cm³/mol. The summed E-state index contributed by atoms with van der Waals surface area (Å²) in [6, 6.07) is 19.7. The number of nitrogen functional groups attached to an aromatic ring is 1. The maximum absolute atomic E-state index is 13.4. The lowest BCUT2D eigenvalue weighted by atomic mass is 9.94. The second-order valence-electron chi connectivity index (χ2n) is 6.97. The molecule has 4 nitrogen and oxygen atoms in total. The molecule has 5 heteroatoms. The standard InChI is InChI=1S/C23H21BrN2O2/c1-14-5-3-4-6-17(14)22-18-11-12-19(25)21(24)20(18)23(27)26(22)13-15-7-9-16(28-2)10-8-15/h3-12,22H,13,25H2,1-2H3. The Labute approximate surface area is 173 Å². The average molecular weight is 437 g/mol. The van der Waals surface area contributed by atoms with Crippen molar-refractivity contribution in [2.24, 2.45) is 0 Å². The van der Waals surface area contributed by atoms with Gasteiger partial charge >= 0.3 is 0 Å². The number of methoxy groups -OCH3 is 1. The van der Waals surface area contributed by atoms with E-state index in [0.29, 0.717) is 22.3 Å². The molecule has 1 unspecified atom stereocenters. The molecule has 0 spiro atoms. The van der Waals surface area contributed by atoms with Crippen molar-refractivity contribution in [1.29, 1.82) is 0 Å². The summed E-state index contributed by atoms with van der Waals surface area (Å²) < 4.78 is 5.92. The maximum atomic E-state index is 13.4. The molecule has 0 saturated carbocycles. The fourth-order valence-corrected chi connectivity index (χ4v) is 4.33. The molecule has 3 aromatic carbocycles. The van der Waals surface area contributed by atoms with Crippen LogP contribution in [-0.2, 0) is 6.54 Å². The van der Waals surface area contributed by atoms with Gasteiger partial charge in [0.25, 0.3) is 5.91 Å². The van der Waals surface area contributed by atoms with Gasteiger partial charge < -0.3 is 15.4 Å². The third kappa shape index (κ3) is 3.06. The zero-order valence-electron chi connectivity index (χ0n) is 15.8. The summed E-state index contributed by atoms with van der Waals surface area (Å²) in [5, 5.41) is 0. The van der Waals surface area contributed by atoms with Crippen LogP contribution in [0.4, 0.5) is 5.69 Å². The Hall–Kier alpha value is -2.79. The second kappa shape index (κ2) is 7.32. The monoisotopic (exact) mass is 436 g/mol. The highest BCUT2D eigenvalue weighted by atomic mass is 79.9. The third-order valence-electron chi connectivity index (χ3n) is 5.28. The van der Waals surface area contributed by atoms with Crippen molar-refractivity contribution in [1.82, 2.24) is 4.90 Å². The molecular weight excluding hydrogens is 416 g/mol. The Bertz CT molecular complexity index is 1050. The van der Waals surface area contributed by atoms with Crippen molar-refractivity contribution >= 4 is 27.5 Å². The van der Waals surface area contributed by atoms with Gasteiger partial charge in [0.1, 0.15) is 5.75 Å². The Morgan fingerprint density at radius 2 is 1.75 bits per heavy atom. The highest BCUT2D eigenvalue weighted by Gasteiger charge is 2.40. The highest BCUT2D eigenvalue weighted by molar-refractivity contribution is 9.10. The van der Waals surface area contributed by atoms with E-state index in [9.17, 15) is 4.79 Å². The number of ether oxygens (including phenoxy) is 1. The van der Waals surface area contributed by atoms with E-state index in [2.05, 4.69) is 35.0 Å². The molecule has 142 valence electrons. The third-order valence-corrected chi connectivity index (χ3v) is 6.13. The Morgan fingerprint density at radius 1 is 1.04 bits per heavy atom. The van der Waals surface area contributed by atoms with E-state index >= 15 is 0 Å². The van der Waals surface area contributed by atoms with E-state index < -0.39 is 0 Å². The van der Waals surface area contributed by atoms with Crippen LogP contribution in [0.25, 0.3) is 0 Å². The van der Waals surface area contributed by atoms with Crippen LogP contribution in [0.2, 0.25) is 0 Å². The number of carbonyl (C=O) groups is 1. The number of rotatable bonds is 4. The molecule has 0 saturated heterocycles. The lowest BCUT2D eigenvalue weighted by Crippen LogP contribution is -2.28. The summed E-state index contributed by atoms with van der Waals surface area (Å²) >= 11 is 3.53. The maximum Gasteiger partial charge on any atom is 0.256 e. The quantitative estimate of drug-likeness (QED) is 0.579. The summed E-state index contributed by atoms with van der Waals surface area (Å²) in [5.74, 6) is 0.781. The zero-order valence-corrected chi connectivity index (χ0v) is 17.4. The number of nitrogens with two attached hydrogens (primary N) is 1. The molecule has 0 bridgehead atoms. The minimum atomic E-state index is -0.150. The number of hydrogen-bond acceptors (Lipinski definition) is 3. The molecule has 28 heavy (non-hydrogen) atoms. The summed E-state index contributed by atoms with van der Waals surface area (Å²) in [6.07, 6.45) is 0. The second-order valence-corrected chi connectivity index (χ2v) is 7.77. The minimum Gasteiger partial charge on any atom is -0.497 e. The molecule has 0 aromatic heterocycles. The normalized spacial score (nSPS) is 15.6. The van der Waals surface area contributed by atoms with E-state index in [1.54, 1.807) is 7.11 Å². The topological polar surface area (TPSA) is 55.6 Å². The molecule has 1 heterocycles. The van der Waals surface area contributed by atoms with Gasteiger partial charge in [-0.05, 0) is 63.3 Å². The Morgan fingerprint density at radius 3 is 2.43 bits per heavy atom. The first-order valence-electron chi connectivity index (χ1n) is 9.08. The number of nitrogens with zero attached hydrogens (tertiary/aromatic N) is 1. The smallest absolute Gasteiger partial charge is 0.256 e. The number of amides is 1. The molecule has 3 aromatic rings. The number of benzene rings is 3. The van der Waals surface area contributed by atoms with Crippen molar-refractivity contribution in [3.8, 4) is 5.75 Å². The molecule has 1 aliphatic heterocycles. The summed E-state index contributed by atoms with van der Waals surface area (Å²) in [6.45, 7) is 2.58. The first-order chi connectivity index (χ1) is 13.5. The SMILES string of the molecule is COc1ccc(CN2C(=O)c3c(ccc(N)c3Br)C2c2ccccc2C)cc1. The van der Waals surface area contributed by atoms with Gasteiger partial charge in [-0.3, -0.25) is 4.79 Å². The first kappa shape index (κ1) is 18.6. The number of fused-ring (bicyclic) bond motifs is 1. The number of hydrogen-bond donors (Lipinski definition) is 1. The van der Waals surface area contributed by atoms with Crippen molar-refractivity contribution in [2.45, 2.75) is 19.5 Å². The van der Waals surface area contributed by atoms with Gasteiger partial charge in [0.05, 0.1) is 23.2 Å². The Balaban J connectivity index is 1.82. The molecule has 0 radical (unpaired) electrons. The van der Waals surface area contributed by atoms with Crippen LogP contribution in [0.15, 0.2) is 65.1 Å². The van der Waals surface area contributed by atoms with Gasteiger partial charge in [0, 0.05) is 12.2 Å². The summed E-state index contributed by atoms with van der Waals surface area (Å²) in [7, 11) is 1.64. The van der Waals surface area contributed by atoms with Gasteiger partial charge in [-0.15, -0.1) is 0 Å². The van der Waals surface area contributed by atoms with Gasteiger partial charge in [-0.1, -0.05) is 42.5 Å². The largest absolute Gasteiger partial charge is 0.497 e. The Kier molecular flexibility index (Phi) is 4.85. The summed E-state index contributed by atoms with van der Waals surface area (Å²) in [5.41, 5.74) is 11.6. The van der Waals surface area contributed by atoms with Crippen LogP contribution in [0.3, 0.4) is 0 Å². The van der Waals surface area contributed by atoms with Crippen LogP contribution in [0.5, 0.6) is 5.75 Å². The van der Waals surface area contributed by atoms with Crippen LogP contribution in [0.1, 0.15) is 38.7 Å². The van der Waals surface area contributed by atoms with Crippen LogP contribution in [-0.4, -0.2) is 17.9 Å². The van der Waals surface area contributed by atoms with E-state index in [1.165, 1.54) is 0 Å². The minimum absolute atomic E-state index is 0.0155. The van der Waals surface area contributed by atoms with E-state index in [4.69, 9.17) is 10.5 Å². The number of halogens is 1. The molecule has 1 atom stereocenters. The lowest BCUT2D eigenvalue weighted by Gasteiger charge is -2.27. The summed E-state index contributed by atoms with van der Waals surface area (Å²) in [4.78, 5) is 15.3. The van der Waals surface area contributed by atoms with Crippen LogP contribution >= 0.6 is 15.9 Å². The van der Waals surface area contributed by atoms with E-state index in [-0.39, 0.29) is 11.9 Å². The molecule has 0 aliphatic carbocycles. The van der Waals surface area contributed by atoms with Crippen molar-refractivity contribution < 1.29 is 9.53 Å². The van der Waals surface area contributed by atoms with Crippen molar-refractivity contribution in [3.05, 3.63) is 93.0 Å². The predicted octanol–water partition coefficient (Wildman–Crippen LogP) is 5.09. The molecule has 2 N–H and O–H groups in total. The number of aryl methyl sites for hydroxylation is 1. The van der Waals surface area contributed by atoms with Gasteiger partial charge in [-0.25, -0.2) is 0 Å². The number of anilines is 1. The number of carbonyl (C=O) groups excluding carboxylic acids is 1. The fraction of sp³-hybridized carbons (Fsp3) is 0.174. The molecule has 1 amide bonds. The fourth-order valence-electron chi connectivity index (χ4n) is 3.80.